The second kappa shape index (κ2) is 22.8. The van der Waals surface area contributed by atoms with E-state index in [1.165, 1.54) is 122 Å². The van der Waals surface area contributed by atoms with E-state index in [1.54, 1.807) is 0 Å². The van der Waals surface area contributed by atoms with Crippen molar-refractivity contribution in [1.29, 1.82) is 0 Å². The summed E-state index contributed by atoms with van der Waals surface area (Å²) in [5, 5.41) is 8.59. The molecule has 0 saturated heterocycles. The third-order valence-corrected chi connectivity index (χ3v) is 6.28. The second-order valence-corrected chi connectivity index (χ2v) is 9.16. The number of carboxylic acid groups (broad SMARTS) is 1. The lowest BCUT2D eigenvalue weighted by atomic mass is 9.99. The minimum atomic E-state index is -0.650. The highest BCUT2D eigenvalue weighted by Gasteiger charge is 1.99. The fourth-order valence-electron chi connectivity index (χ4n) is 3.98. The normalized spacial score (nSPS) is 12.4. The standard InChI is InChI=1S/C26H52O2/c1-3-25(2)23-21-19-17-15-13-11-9-7-5-4-6-8-10-12-14-16-18-20-22-24-26(27)28/h25H,3-24H2,1-2H3,(H,27,28). The van der Waals surface area contributed by atoms with Crippen LogP contribution in [0.4, 0.5) is 0 Å². The average molecular weight is 397 g/mol. The molecule has 0 aromatic rings. The van der Waals surface area contributed by atoms with Gasteiger partial charge in [-0.25, -0.2) is 0 Å². The summed E-state index contributed by atoms with van der Waals surface area (Å²) in [5.41, 5.74) is 0. The molecule has 0 fully saturated rings. The molecule has 0 heterocycles. The van der Waals surface area contributed by atoms with Crippen molar-refractivity contribution >= 4 is 5.97 Å². The van der Waals surface area contributed by atoms with Crippen LogP contribution >= 0.6 is 0 Å². The van der Waals surface area contributed by atoms with E-state index >= 15 is 0 Å². The van der Waals surface area contributed by atoms with Crippen LogP contribution in [0.2, 0.25) is 0 Å². The zero-order valence-electron chi connectivity index (χ0n) is 19.5. The minimum Gasteiger partial charge on any atom is -0.481 e. The predicted octanol–water partition coefficient (Wildman–Crippen LogP) is 9.31. The average Bonchev–Trinajstić information content (AvgIpc) is 2.68. The number of carbonyl (C=O) groups is 1. The Morgan fingerprint density at radius 2 is 0.857 bits per heavy atom. The summed E-state index contributed by atoms with van der Waals surface area (Å²) in [7, 11) is 0. The van der Waals surface area contributed by atoms with Crippen LogP contribution < -0.4 is 0 Å². The Balaban J connectivity index is 3.02. The molecule has 1 atom stereocenters. The number of rotatable bonds is 23. The molecule has 0 radical (unpaired) electrons. The molecule has 0 rings (SSSR count). The summed E-state index contributed by atoms with van der Waals surface area (Å²) in [5.74, 6) is 0.282. The Morgan fingerprint density at radius 1 is 0.571 bits per heavy atom. The molecule has 0 aliphatic heterocycles. The molecule has 0 amide bonds. The van der Waals surface area contributed by atoms with Crippen LogP contribution in [0.3, 0.4) is 0 Å². The summed E-state index contributed by atoms with van der Waals surface area (Å²) < 4.78 is 0. The largest absolute Gasteiger partial charge is 0.481 e. The lowest BCUT2D eigenvalue weighted by Crippen LogP contribution is -1.93. The Bertz CT molecular complexity index is 314. The smallest absolute Gasteiger partial charge is 0.303 e. The third-order valence-electron chi connectivity index (χ3n) is 6.28. The van der Waals surface area contributed by atoms with Crippen molar-refractivity contribution < 1.29 is 9.90 Å². The molecule has 0 aromatic heterocycles. The number of aliphatic carboxylic acids is 1. The van der Waals surface area contributed by atoms with Crippen LogP contribution in [0, 0.1) is 5.92 Å². The van der Waals surface area contributed by atoms with Crippen molar-refractivity contribution in [2.24, 2.45) is 5.92 Å². The molecule has 168 valence electrons. The molecule has 0 aliphatic rings. The first-order chi connectivity index (χ1) is 13.7. The molecule has 2 heteroatoms. The first-order valence-electron chi connectivity index (χ1n) is 12.9. The Hall–Kier alpha value is -0.530. The van der Waals surface area contributed by atoms with Gasteiger partial charge in [0.15, 0.2) is 0 Å². The minimum absolute atomic E-state index is 0.346. The zero-order chi connectivity index (χ0) is 20.7. The van der Waals surface area contributed by atoms with Crippen molar-refractivity contribution in [3.8, 4) is 0 Å². The van der Waals surface area contributed by atoms with Gasteiger partial charge in [0.05, 0.1) is 0 Å². The van der Waals surface area contributed by atoms with E-state index in [0.29, 0.717) is 6.42 Å². The summed E-state index contributed by atoms with van der Waals surface area (Å²) in [4.78, 5) is 10.4. The summed E-state index contributed by atoms with van der Waals surface area (Å²) in [6.45, 7) is 4.69. The first kappa shape index (κ1) is 27.5. The van der Waals surface area contributed by atoms with Gasteiger partial charge in [-0.05, 0) is 12.3 Å². The van der Waals surface area contributed by atoms with Crippen LogP contribution in [0.5, 0.6) is 0 Å². The highest BCUT2D eigenvalue weighted by molar-refractivity contribution is 5.66. The van der Waals surface area contributed by atoms with Gasteiger partial charge in [-0.1, -0.05) is 142 Å². The number of unbranched alkanes of at least 4 members (excludes halogenated alkanes) is 18. The van der Waals surface area contributed by atoms with Crippen LogP contribution in [-0.4, -0.2) is 11.1 Å². The maximum absolute atomic E-state index is 10.4. The van der Waals surface area contributed by atoms with Gasteiger partial charge in [-0.15, -0.1) is 0 Å². The third kappa shape index (κ3) is 23.5. The van der Waals surface area contributed by atoms with E-state index in [1.807, 2.05) is 0 Å². The predicted molar refractivity (Wildman–Crippen MR) is 124 cm³/mol. The van der Waals surface area contributed by atoms with Gasteiger partial charge in [0.2, 0.25) is 0 Å². The molecule has 1 unspecified atom stereocenters. The Morgan fingerprint density at radius 3 is 1.14 bits per heavy atom. The van der Waals surface area contributed by atoms with Crippen molar-refractivity contribution in [3.63, 3.8) is 0 Å². The summed E-state index contributed by atoms with van der Waals surface area (Å²) in [6, 6.07) is 0. The Kier molecular flexibility index (Phi) is 22.3. The number of hydrogen-bond acceptors (Lipinski definition) is 1. The maximum atomic E-state index is 10.4. The van der Waals surface area contributed by atoms with Gasteiger partial charge in [0, 0.05) is 6.42 Å². The maximum Gasteiger partial charge on any atom is 0.303 e. The van der Waals surface area contributed by atoms with Crippen LogP contribution in [0.1, 0.15) is 155 Å². The monoisotopic (exact) mass is 396 g/mol. The zero-order valence-corrected chi connectivity index (χ0v) is 19.5. The molecular formula is C26H52O2. The van der Waals surface area contributed by atoms with Gasteiger partial charge in [-0.3, -0.25) is 4.79 Å². The number of hydrogen-bond donors (Lipinski definition) is 1. The topological polar surface area (TPSA) is 37.3 Å². The lowest BCUT2D eigenvalue weighted by molar-refractivity contribution is -0.137. The van der Waals surface area contributed by atoms with Crippen LogP contribution in [0.15, 0.2) is 0 Å². The summed E-state index contributed by atoms with van der Waals surface area (Å²) >= 11 is 0. The molecule has 0 aliphatic carbocycles. The van der Waals surface area contributed by atoms with Crippen molar-refractivity contribution in [3.05, 3.63) is 0 Å². The van der Waals surface area contributed by atoms with Gasteiger partial charge < -0.3 is 5.11 Å². The SMILES string of the molecule is CCC(C)CCCCCCCCCCCCCCCCCCCCCC(=O)O. The van der Waals surface area contributed by atoms with Gasteiger partial charge in [0.1, 0.15) is 0 Å². The molecule has 0 aromatic carbocycles. The molecule has 0 spiro atoms. The van der Waals surface area contributed by atoms with E-state index < -0.39 is 5.97 Å². The van der Waals surface area contributed by atoms with E-state index in [9.17, 15) is 4.79 Å². The van der Waals surface area contributed by atoms with E-state index in [2.05, 4.69) is 13.8 Å². The quantitative estimate of drug-likeness (QED) is 0.175. The fraction of sp³-hybridized carbons (Fsp3) is 0.962. The summed E-state index contributed by atoms with van der Waals surface area (Å²) in [6.07, 6.45) is 29.0. The molecule has 1 N–H and O–H groups in total. The molecule has 0 bridgehead atoms. The molecular weight excluding hydrogens is 344 g/mol. The lowest BCUT2D eigenvalue weighted by Gasteiger charge is -2.07. The van der Waals surface area contributed by atoms with Gasteiger partial charge >= 0.3 is 5.97 Å². The highest BCUT2D eigenvalue weighted by atomic mass is 16.4. The van der Waals surface area contributed by atoms with Crippen LogP contribution in [0.25, 0.3) is 0 Å². The molecule has 2 nitrogen and oxygen atoms in total. The van der Waals surface area contributed by atoms with Gasteiger partial charge in [-0.2, -0.15) is 0 Å². The van der Waals surface area contributed by atoms with E-state index in [-0.39, 0.29) is 0 Å². The Labute approximate surface area is 177 Å². The highest BCUT2D eigenvalue weighted by Crippen LogP contribution is 2.16. The van der Waals surface area contributed by atoms with Crippen molar-refractivity contribution in [1.82, 2.24) is 0 Å². The van der Waals surface area contributed by atoms with Crippen molar-refractivity contribution in [2.45, 2.75) is 155 Å². The van der Waals surface area contributed by atoms with Crippen molar-refractivity contribution in [2.75, 3.05) is 0 Å². The second-order valence-electron chi connectivity index (χ2n) is 9.16. The molecule has 28 heavy (non-hydrogen) atoms. The van der Waals surface area contributed by atoms with Crippen LogP contribution in [-0.2, 0) is 4.79 Å². The van der Waals surface area contributed by atoms with E-state index in [4.69, 9.17) is 5.11 Å². The van der Waals surface area contributed by atoms with E-state index in [0.717, 1.165) is 18.8 Å². The molecule has 0 saturated carbocycles. The van der Waals surface area contributed by atoms with Gasteiger partial charge in [0.25, 0.3) is 0 Å². The fourth-order valence-corrected chi connectivity index (χ4v) is 3.98. The first-order valence-corrected chi connectivity index (χ1v) is 12.9. The number of carboxylic acids is 1.